The highest BCUT2D eigenvalue weighted by molar-refractivity contribution is 8.26. The molecule has 0 spiro atoms. The van der Waals surface area contributed by atoms with Crippen LogP contribution in [0.3, 0.4) is 0 Å². The highest BCUT2D eigenvalue weighted by Crippen LogP contribution is 2.36. The summed E-state index contributed by atoms with van der Waals surface area (Å²) in [5, 5.41) is 18.5. The lowest BCUT2D eigenvalue weighted by atomic mass is 10.0. The van der Waals surface area contributed by atoms with Gasteiger partial charge in [0.05, 0.1) is 4.91 Å². The number of rotatable bonds is 15. The largest absolute Gasteiger partial charge is 0.481 e. The van der Waals surface area contributed by atoms with E-state index < -0.39 is 5.97 Å². The number of thioether (sulfide) groups is 1. The minimum Gasteiger partial charge on any atom is -0.481 e. The molecular weight excluding hydrogens is 558 g/mol. The first-order valence-electron chi connectivity index (χ1n) is 14.8. The van der Waals surface area contributed by atoms with E-state index in [9.17, 15) is 19.6 Å². The van der Waals surface area contributed by atoms with Gasteiger partial charge >= 0.3 is 5.97 Å². The van der Waals surface area contributed by atoms with E-state index in [0.29, 0.717) is 27.9 Å². The van der Waals surface area contributed by atoms with Gasteiger partial charge in [-0.05, 0) is 44.9 Å². The number of carbonyl (C=O) groups is 2. The summed E-state index contributed by atoms with van der Waals surface area (Å²) in [7, 11) is 0. The third-order valence-corrected chi connectivity index (χ3v) is 9.33. The number of aromatic nitrogens is 1. The number of nitrogens with zero attached hydrogens (tertiary/aromatic N) is 5. The smallest absolute Gasteiger partial charge is 0.303 e. The molecule has 1 amide bonds. The zero-order valence-corrected chi connectivity index (χ0v) is 26.2. The number of piperazine rings is 1. The first-order valence-corrected chi connectivity index (χ1v) is 16.1. The van der Waals surface area contributed by atoms with Gasteiger partial charge in [-0.25, -0.2) is 0 Å². The number of carboxylic acid groups (broad SMARTS) is 1. The molecule has 2 aliphatic heterocycles. The van der Waals surface area contributed by atoms with E-state index in [-0.39, 0.29) is 23.5 Å². The van der Waals surface area contributed by atoms with Crippen LogP contribution in [0.1, 0.15) is 88.3 Å². The standard InChI is InChI=1S/C30H43N5O4S2/c1-4-32-16-18-33(19-17-32)27-23(22(3)24(21-31)28(38)34(27)5-2)20-25-29(39)35(30(40)41-25)15-13-11-9-7-6-8-10-12-14-26(36)37/h20H,4-19H2,1-3H3,(H,36,37). The van der Waals surface area contributed by atoms with Gasteiger partial charge in [-0.1, -0.05) is 69.4 Å². The van der Waals surface area contributed by atoms with Gasteiger partial charge in [0.25, 0.3) is 11.5 Å². The average molecular weight is 602 g/mol. The van der Waals surface area contributed by atoms with E-state index in [2.05, 4.69) is 22.8 Å². The van der Waals surface area contributed by atoms with Crippen molar-refractivity contribution in [2.75, 3.05) is 44.2 Å². The first-order chi connectivity index (χ1) is 19.7. The second kappa shape index (κ2) is 16.1. The van der Waals surface area contributed by atoms with E-state index in [4.69, 9.17) is 17.3 Å². The molecule has 224 valence electrons. The molecule has 3 rings (SSSR count). The topological polar surface area (TPSA) is 110 Å². The summed E-state index contributed by atoms with van der Waals surface area (Å²) in [5.41, 5.74) is 1.18. The van der Waals surface area contributed by atoms with Crippen LogP contribution in [0, 0.1) is 18.3 Å². The molecule has 11 heteroatoms. The maximum absolute atomic E-state index is 13.4. The molecule has 1 aromatic heterocycles. The number of carboxylic acids is 1. The van der Waals surface area contributed by atoms with Gasteiger partial charge in [0, 0.05) is 51.3 Å². The molecule has 0 saturated carbocycles. The predicted octanol–water partition coefficient (Wildman–Crippen LogP) is 4.99. The normalized spacial score (nSPS) is 17.1. The van der Waals surface area contributed by atoms with Crippen molar-refractivity contribution in [2.45, 2.75) is 85.1 Å². The minimum atomic E-state index is -0.728. The summed E-state index contributed by atoms with van der Waals surface area (Å²) in [5.74, 6) is -0.0706. The molecule has 9 nitrogen and oxygen atoms in total. The molecule has 2 fully saturated rings. The molecule has 0 unspecified atom stereocenters. The molecule has 0 radical (unpaired) electrons. The fraction of sp³-hybridized carbons (Fsp3) is 0.633. The lowest BCUT2D eigenvalue weighted by Crippen LogP contribution is -2.48. The number of likely N-dealkylation sites (N-methyl/N-ethyl adjacent to an activating group) is 1. The maximum Gasteiger partial charge on any atom is 0.303 e. The molecule has 1 N–H and O–H groups in total. The van der Waals surface area contributed by atoms with E-state index in [1.54, 1.807) is 16.4 Å². The summed E-state index contributed by atoms with van der Waals surface area (Å²) < 4.78 is 2.21. The van der Waals surface area contributed by atoms with Gasteiger partial charge in [0.1, 0.15) is 21.8 Å². The third-order valence-electron chi connectivity index (χ3n) is 7.95. The van der Waals surface area contributed by atoms with E-state index in [1.807, 2.05) is 13.0 Å². The molecule has 3 heterocycles. The van der Waals surface area contributed by atoms with Crippen LogP contribution >= 0.6 is 24.0 Å². The number of carbonyl (C=O) groups excluding carboxylic acids is 1. The van der Waals surface area contributed by atoms with Crippen molar-refractivity contribution in [3.05, 3.63) is 31.9 Å². The fourth-order valence-electron chi connectivity index (χ4n) is 5.48. The number of nitriles is 1. The van der Waals surface area contributed by atoms with E-state index in [0.717, 1.165) is 95.5 Å². The van der Waals surface area contributed by atoms with Crippen molar-refractivity contribution in [2.24, 2.45) is 0 Å². The molecule has 0 atom stereocenters. The van der Waals surface area contributed by atoms with Gasteiger partial charge in [0.2, 0.25) is 0 Å². The Labute approximate surface area is 253 Å². The monoisotopic (exact) mass is 601 g/mol. The number of unbranched alkanes of at least 4 members (excludes halogenated alkanes) is 7. The summed E-state index contributed by atoms with van der Waals surface area (Å²) in [6.07, 6.45) is 9.99. The quantitative estimate of drug-likeness (QED) is 0.169. The number of amides is 1. The number of thiocarbonyl (C=S) groups is 1. The Morgan fingerprint density at radius 1 is 1.00 bits per heavy atom. The summed E-state index contributed by atoms with van der Waals surface area (Å²) in [6, 6.07) is 2.10. The predicted molar refractivity (Wildman–Crippen MR) is 169 cm³/mol. The average Bonchev–Trinajstić information content (AvgIpc) is 3.22. The number of hydrogen-bond acceptors (Lipinski definition) is 8. The Balaban J connectivity index is 1.70. The third kappa shape index (κ3) is 8.43. The van der Waals surface area contributed by atoms with Gasteiger partial charge in [0.15, 0.2) is 0 Å². The highest BCUT2D eigenvalue weighted by Gasteiger charge is 2.33. The second-order valence-electron chi connectivity index (χ2n) is 10.6. The highest BCUT2D eigenvalue weighted by atomic mass is 32.2. The summed E-state index contributed by atoms with van der Waals surface area (Å²) >= 11 is 6.87. The van der Waals surface area contributed by atoms with Crippen LogP contribution in [-0.2, 0) is 16.1 Å². The Kier molecular flexibility index (Phi) is 12.9. The van der Waals surface area contributed by atoms with Crippen LogP contribution in [0.25, 0.3) is 6.08 Å². The van der Waals surface area contributed by atoms with Crippen LogP contribution in [0.15, 0.2) is 9.70 Å². The second-order valence-corrected chi connectivity index (χ2v) is 12.3. The number of aliphatic carboxylic acids is 1. The van der Waals surface area contributed by atoms with E-state index in [1.165, 1.54) is 11.8 Å². The van der Waals surface area contributed by atoms with Crippen LogP contribution in [0.4, 0.5) is 5.82 Å². The Morgan fingerprint density at radius 3 is 2.17 bits per heavy atom. The molecule has 0 aromatic carbocycles. The number of pyridine rings is 1. The van der Waals surface area contributed by atoms with Crippen molar-refractivity contribution in [3.8, 4) is 6.07 Å². The van der Waals surface area contributed by atoms with Crippen LogP contribution in [0.2, 0.25) is 0 Å². The number of hydrogen-bond donors (Lipinski definition) is 1. The van der Waals surface area contributed by atoms with Crippen molar-refractivity contribution >= 4 is 52.1 Å². The lowest BCUT2D eigenvalue weighted by Gasteiger charge is -2.37. The van der Waals surface area contributed by atoms with Crippen molar-refractivity contribution in [1.82, 2.24) is 14.4 Å². The lowest BCUT2D eigenvalue weighted by molar-refractivity contribution is -0.137. The zero-order valence-electron chi connectivity index (χ0n) is 24.6. The van der Waals surface area contributed by atoms with E-state index >= 15 is 0 Å². The van der Waals surface area contributed by atoms with Gasteiger partial charge in [-0.2, -0.15) is 5.26 Å². The first kappa shape index (κ1) is 32.8. The molecule has 2 aliphatic rings. The maximum atomic E-state index is 13.4. The zero-order chi connectivity index (χ0) is 29.9. The fourth-order valence-corrected chi connectivity index (χ4v) is 6.78. The number of anilines is 1. The van der Waals surface area contributed by atoms with Gasteiger partial charge < -0.3 is 14.9 Å². The Bertz CT molecular complexity index is 1240. The molecule has 41 heavy (non-hydrogen) atoms. The van der Waals surface area contributed by atoms with Gasteiger partial charge in [-0.15, -0.1) is 0 Å². The minimum absolute atomic E-state index is 0.117. The Morgan fingerprint density at radius 2 is 1.61 bits per heavy atom. The summed E-state index contributed by atoms with van der Waals surface area (Å²) in [4.78, 5) is 44.0. The summed E-state index contributed by atoms with van der Waals surface area (Å²) in [6.45, 7) is 11.1. The van der Waals surface area contributed by atoms with Crippen molar-refractivity contribution in [1.29, 1.82) is 5.26 Å². The molecule has 0 aliphatic carbocycles. The van der Waals surface area contributed by atoms with Gasteiger partial charge in [-0.3, -0.25) is 23.9 Å². The Hall–Kier alpha value is -2.68. The van der Waals surface area contributed by atoms with Crippen LogP contribution in [0.5, 0.6) is 0 Å². The molecule has 0 bridgehead atoms. The molecule has 2 saturated heterocycles. The van der Waals surface area contributed by atoms with Crippen molar-refractivity contribution < 1.29 is 14.7 Å². The van der Waals surface area contributed by atoms with Crippen molar-refractivity contribution in [3.63, 3.8) is 0 Å². The molecule has 1 aromatic rings. The van der Waals surface area contributed by atoms with Crippen LogP contribution in [-0.4, -0.2) is 74.9 Å². The molecular formula is C30H43N5O4S2. The van der Waals surface area contributed by atoms with Crippen LogP contribution < -0.4 is 10.5 Å². The SMILES string of the molecule is CCN1CCN(c2c(C=C3SC(=S)N(CCCCCCCCCCC(=O)O)C3=O)c(C)c(C#N)c(=O)n2CC)CC1.